The molecule has 0 amide bonds. The lowest BCUT2D eigenvalue weighted by Crippen LogP contribution is -2.34. The summed E-state index contributed by atoms with van der Waals surface area (Å²) < 4.78 is 0. The molecule has 5 heteroatoms. The maximum atomic E-state index is 5.38. The van der Waals surface area contributed by atoms with Crippen LogP contribution in [0, 0.1) is 0 Å². The van der Waals surface area contributed by atoms with Crippen LogP contribution < -0.4 is 15.5 Å². The molecule has 0 aromatic heterocycles. The molecule has 5 nitrogen and oxygen atoms in total. The van der Waals surface area contributed by atoms with E-state index < -0.39 is 6.17 Å². The summed E-state index contributed by atoms with van der Waals surface area (Å²) in [5.74, 6) is 1.49. The molecular formula is C62H47N5. The first kappa shape index (κ1) is 40.0. The molecule has 10 aromatic rings. The molecule has 0 radical (unpaired) electrons. The third-order valence-corrected chi connectivity index (χ3v) is 13.3. The van der Waals surface area contributed by atoms with E-state index in [1.165, 1.54) is 44.1 Å². The smallest absolute Gasteiger partial charge is 0.159 e. The first-order chi connectivity index (χ1) is 33.2. The zero-order valence-electron chi connectivity index (χ0n) is 37.1. The Morgan fingerprint density at radius 1 is 0.433 bits per heavy atom. The van der Waals surface area contributed by atoms with Gasteiger partial charge in [-0.3, -0.25) is 0 Å². The highest BCUT2D eigenvalue weighted by Gasteiger charge is 2.30. The number of hydrogen-bond acceptors (Lipinski definition) is 5. The van der Waals surface area contributed by atoms with Crippen molar-refractivity contribution in [3.8, 4) is 44.5 Å². The van der Waals surface area contributed by atoms with E-state index in [9.17, 15) is 0 Å². The van der Waals surface area contributed by atoms with Crippen molar-refractivity contribution >= 4 is 50.3 Å². The molecule has 0 aliphatic carbocycles. The lowest BCUT2D eigenvalue weighted by molar-refractivity contribution is 0.676. The fourth-order valence-corrected chi connectivity index (χ4v) is 10.1. The van der Waals surface area contributed by atoms with Gasteiger partial charge in [-0.15, -0.1) is 0 Å². The van der Waals surface area contributed by atoms with Crippen LogP contribution in [0.3, 0.4) is 0 Å². The Kier molecular flexibility index (Phi) is 10.2. The molecule has 67 heavy (non-hydrogen) atoms. The minimum Gasteiger partial charge on any atom is -0.363 e. The molecule has 10 aromatic carbocycles. The van der Waals surface area contributed by atoms with Crippen LogP contribution >= 0.6 is 0 Å². The minimum absolute atomic E-state index is 0.112. The van der Waals surface area contributed by atoms with Crippen molar-refractivity contribution in [1.82, 2.24) is 5.32 Å². The molecule has 2 aliphatic rings. The van der Waals surface area contributed by atoms with Crippen molar-refractivity contribution in [1.29, 1.82) is 0 Å². The summed E-state index contributed by atoms with van der Waals surface area (Å²) in [6.07, 6.45) is 0.632. The molecule has 12 rings (SSSR count). The van der Waals surface area contributed by atoms with Gasteiger partial charge in [0.05, 0.1) is 11.4 Å². The van der Waals surface area contributed by atoms with Crippen LogP contribution in [0.2, 0.25) is 0 Å². The van der Waals surface area contributed by atoms with E-state index in [0.717, 1.165) is 68.0 Å². The monoisotopic (exact) mass is 861 g/mol. The van der Waals surface area contributed by atoms with Gasteiger partial charge in [0.25, 0.3) is 0 Å². The van der Waals surface area contributed by atoms with Crippen molar-refractivity contribution in [2.24, 2.45) is 9.98 Å². The van der Waals surface area contributed by atoms with Crippen LogP contribution in [0.1, 0.15) is 36.2 Å². The van der Waals surface area contributed by atoms with Gasteiger partial charge in [-0.05, 0) is 96.7 Å². The average Bonchev–Trinajstić information content (AvgIpc) is 3.79. The fraction of sp³-hybridized carbons (Fsp3) is 0.0645. The molecule has 2 aliphatic heterocycles. The molecule has 2 N–H and O–H groups in total. The summed E-state index contributed by atoms with van der Waals surface area (Å²) in [6, 6.07) is 82.5. The predicted octanol–water partition coefficient (Wildman–Crippen LogP) is 15.5. The lowest BCUT2D eigenvalue weighted by atomic mass is 9.90. The number of hydrogen-bond donors (Lipinski definition) is 2. The Morgan fingerprint density at radius 3 is 1.82 bits per heavy atom. The van der Waals surface area contributed by atoms with Crippen molar-refractivity contribution in [2.75, 3.05) is 10.2 Å². The Balaban J connectivity index is 0.921. The van der Waals surface area contributed by atoms with Crippen molar-refractivity contribution in [2.45, 2.75) is 25.7 Å². The molecule has 0 spiro atoms. The van der Waals surface area contributed by atoms with Crippen LogP contribution in [-0.4, -0.2) is 17.8 Å². The maximum absolute atomic E-state index is 5.38. The highest BCUT2D eigenvalue weighted by atomic mass is 15.3. The van der Waals surface area contributed by atoms with Crippen LogP contribution in [0.15, 0.2) is 241 Å². The van der Waals surface area contributed by atoms with Gasteiger partial charge in [0.1, 0.15) is 18.2 Å². The predicted molar refractivity (Wildman–Crippen MR) is 281 cm³/mol. The normalized spacial score (nSPS) is 15.4. The number of nitrogens with zero attached hydrogens (tertiary/aromatic N) is 3. The van der Waals surface area contributed by atoms with E-state index in [-0.39, 0.29) is 6.17 Å². The molecule has 0 fully saturated rings. The summed E-state index contributed by atoms with van der Waals surface area (Å²) >= 11 is 0. The number of amidine groups is 2. The second-order valence-electron chi connectivity index (χ2n) is 17.3. The summed E-state index contributed by atoms with van der Waals surface area (Å²) in [5.41, 5.74) is 15.9. The highest BCUT2D eigenvalue weighted by Crippen LogP contribution is 2.46. The Bertz CT molecular complexity index is 3530. The molecule has 2 unspecified atom stereocenters. The van der Waals surface area contributed by atoms with Crippen LogP contribution in [-0.2, 0) is 0 Å². The van der Waals surface area contributed by atoms with Gasteiger partial charge < -0.3 is 15.5 Å². The second-order valence-corrected chi connectivity index (χ2v) is 17.3. The number of benzene rings is 10. The third kappa shape index (κ3) is 7.31. The van der Waals surface area contributed by atoms with Crippen LogP contribution in [0.25, 0.3) is 66.1 Å². The second kappa shape index (κ2) is 17.1. The van der Waals surface area contributed by atoms with Crippen molar-refractivity contribution < 1.29 is 0 Å². The average molecular weight is 862 g/mol. The van der Waals surface area contributed by atoms with Gasteiger partial charge in [-0.25, -0.2) is 9.98 Å². The molecule has 0 saturated carbocycles. The minimum atomic E-state index is -0.415. The number of rotatable bonds is 9. The third-order valence-electron chi connectivity index (χ3n) is 13.3. The number of anilines is 3. The van der Waals surface area contributed by atoms with E-state index in [4.69, 9.17) is 9.98 Å². The van der Waals surface area contributed by atoms with Gasteiger partial charge in [0.2, 0.25) is 0 Å². The van der Waals surface area contributed by atoms with Gasteiger partial charge in [0.15, 0.2) is 5.84 Å². The molecule has 2 atom stereocenters. The summed E-state index contributed by atoms with van der Waals surface area (Å²) in [6.45, 7) is 2.25. The number of fused-ring (bicyclic) bond motifs is 3. The number of aliphatic imine (C=N–C) groups is 2. The van der Waals surface area contributed by atoms with Gasteiger partial charge in [0, 0.05) is 22.4 Å². The van der Waals surface area contributed by atoms with E-state index in [1.807, 2.05) is 6.07 Å². The molecule has 320 valence electrons. The van der Waals surface area contributed by atoms with Gasteiger partial charge >= 0.3 is 0 Å². The summed E-state index contributed by atoms with van der Waals surface area (Å²) in [5, 5.41) is 12.5. The molecule has 2 heterocycles. The Morgan fingerprint density at radius 2 is 1.01 bits per heavy atom. The zero-order valence-corrected chi connectivity index (χ0v) is 37.1. The molecule has 0 saturated heterocycles. The first-order valence-electron chi connectivity index (χ1n) is 23.2. The number of nitrogens with one attached hydrogen (secondary N) is 2. The van der Waals surface area contributed by atoms with Crippen LogP contribution in [0.5, 0.6) is 0 Å². The van der Waals surface area contributed by atoms with E-state index in [1.54, 1.807) is 0 Å². The summed E-state index contributed by atoms with van der Waals surface area (Å²) in [4.78, 5) is 13.1. The van der Waals surface area contributed by atoms with Gasteiger partial charge in [-0.2, -0.15) is 0 Å². The lowest BCUT2D eigenvalue weighted by Gasteiger charge is -2.27. The fourth-order valence-electron chi connectivity index (χ4n) is 10.1. The molecule has 0 bridgehead atoms. The maximum Gasteiger partial charge on any atom is 0.159 e. The highest BCUT2D eigenvalue weighted by molar-refractivity contribution is 6.19. The topological polar surface area (TPSA) is 52.0 Å². The quantitative estimate of drug-likeness (QED) is 0.152. The van der Waals surface area contributed by atoms with Crippen molar-refractivity contribution in [3.63, 3.8) is 0 Å². The summed E-state index contributed by atoms with van der Waals surface area (Å²) in [7, 11) is 0. The zero-order chi connectivity index (χ0) is 44.7. The van der Waals surface area contributed by atoms with E-state index in [2.05, 4.69) is 247 Å². The Hall–Kier alpha value is -8.54. The van der Waals surface area contributed by atoms with E-state index >= 15 is 0 Å². The van der Waals surface area contributed by atoms with Crippen molar-refractivity contribution in [3.05, 3.63) is 247 Å². The molecular weight excluding hydrogens is 815 g/mol. The Labute approximate surface area is 391 Å². The SMILES string of the molecule is CCC1Nc2cc(-c3cccc4ccccc34)ccc2N1c1cccc(-c2ccccc2-c2ccccc2C2N=C(c3ccccc3)N=C(c3ccc(-c4ccccc4)c4ccccc34)N2)c1. The van der Waals surface area contributed by atoms with E-state index in [0.29, 0.717) is 5.84 Å². The largest absolute Gasteiger partial charge is 0.363 e. The standard InChI is InChI=1S/C62H47N5/c1-2-59-63-57-40-45(48-34-18-24-42-21-9-10-27-47(42)48)35-38-58(57)67(59)46-26-17-25-44(39-46)49-28-11-12-29-51(49)53-31-15-16-33-55(53)61-64-60(43-22-7-4-8-23-43)65-62(66-61)56-37-36-50(41-19-5-3-6-20-41)52-30-13-14-32-54(52)56/h3-40,59,61,63H,2H2,1H3,(H,64,65,66). The van der Waals surface area contributed by atoms with Gasteiger partial charge in [-0.1, -0.05) is 213 Å². The first-order valence-corrected chi connectivity index (χ1v) is 23.2. The van der Waals surface area contributed by atoms with Crippen LogP contribution in [0.4, 0.5) is 17.1 Å².